The molecule has 2 amide bonds. The number of carbonyl (C=O) groups excluding carboxylic acids is 2. The van der Waals surface area contributed by atoms with Gasteiger partial charge < -0.3 is 15.2 Å². The van der Waals surface area contributed by atoms with Crippen LogP contribution in [0.25, 0.3) is 22.0 Å². The smallest absolute Gasteiger partial charge is 0.268 e. The Bertz CT molecular complexity index is 1670. The van der Waals surface area contributed by atoms with Crippen LogP contribution >= 0.6 is 0 Å². The maximum atomic E-state index is 13.3. The maximum absolute atomic E-state index is 13.3. The van der Waals surface area contributed by atoms with Crippen LogP contribution in [0.3, 0.4) is 0 Å². The van der Waals surface area contributed by atoms with Gasteiger partial charge in [-0.15, -0.1) is 0 Å². The lowest BCUT2D eigenvalue weighted by atomic mass is 9.87. The number of rotatable bonds is 9. The van der Waals surface area contributed by atoms with E-state index in [1.54, 1.807) is 30.3 Å². The molecule has 3 aromatic carbocycles. The molecule has 1 aromatic heterocycles. The van der Waals surface area contributed by atoms with Crippen LogP contribution in [-0.4, -0.2) is 49.8 Å². The van der Waals surface area contributed by atoms with Gasteiger partial charge in [-0.1, -0.05) is 63.2 Å². The van der Waals surface area contributed by atoms with Crippen molar-refractivity contribution in [1.29, 1.82) is 0 Å². The minimum Gasteiger partial charge on any atom is -0.351 e. The molecule has 214 valence electrons. The molecule has 0 radical (unpaired) electrons. The summed E-state index contributed by atoms with van der Waals surface area (Å²) in [6, 6.07) is 21.7. The van der Waals surface area contributed by atoms with Crippen molar-refractivity contribution < 1.29 is 18.0 Å². The first kappa shape index (κ1) is 28.4. The summed E-state index contributed by atoms with van der Waals surface area (Å²) in [5.41, 5.74) is 4.02. The van der Waals surface area contributed by atoms with Crippen LogP contribution in [-0.2, 0) is 20.2 Å². The number of carbonyl (C=O) groups is 2. The first-order valence-electron chi connectivity index (χ1n) is 13.9. The second-order valence-corrected chi connectivity index (χ2v) is 13.2. The van der Waals surface area contributed by atoms with E-state index in [1.807, 2.05) is 47.4 Å². The molecule has 0 saturated carbocycles. The number of amides is 2. The summed E-state index contributed by atoms with van der Waals surface area (Å²) in [6.07, 6.45) is 2.16. The van der Waals surface area contributed by atoms with E-state index in [0.717, 1.165) is 29.5 Å². The lowest BCUT2D eigenvalue weighted by molar-refractivity contribution is -0.127. The van der Waals surface area contributed by atoms with Crippen LogP contribution in [0.1, 0.15) is 56.1 Å². The van der Waals surface area contributed by atoms with Crippen LogP contribution in [0.4, 0.5) is 5.69 Å². The van der Waals surface area contributed by atoms with E-state index < -0.39 is 10.0 Å². The standard InChI is InChI=1S/C32H36N4O4S/c1-32(2,3)23-12-15-25(16-13-23)41(39,40)35-24-14-17-27-26(21-24)29(22-9-5-4-6-10-22)30(34-27)31(38)33-18-8-20-36-19-7-11-28(36)37/h4-6,9-10,12-17,21,34-35H,7-8,11,18-20H2,1-3H3,(H,33,38). The van der Waals surface area contributed by atoms with Crippen molar-refractivity contribution in [1.82, 2.24) is 15.2 Å². The number of benzene rings is 3. The molecule has 1 aliphatic heterocycles. The lowest BCUT2D eigenvalue weighted by Crippen LogP contribution is -2.31. The van der Waals surface area contributed by atoms with Crippen LogP contribution in [0.5, 0.6) is 0 Å². The van der Waals surface area contributed by atoms with Gasteiger partial charge in [-0.2, -0.15) is 0 Å². The van der Waals surface area contributed by atoms with Gasteiger partial charge in [0.25, 0.3) is 15.9 Å². The highest BCUT2D eigenvalue weighted by atomic mass is 32.2. The maximum Gasteiger partial charge on any atom is 0.268 e. The summed E-state index contributed by atoms with van der Waals surface area (Å²) in [4.78, 5) is 30.4. The third-order valence-electron chi connectivity index (χ3n) is 7.43. The van der Waals surface area contributed by atoms with Crippen LogP contribution in [0.15, 0.2) is 77.7 Å². The Morgan fingerprint density at radius 3 is 2.39 bits per heavy atom. The molecular formula is C32H36N4O4S. The molecule has 1 saturated heterocycles. The molecule has 1 fully saturated rings. The molecule has 8 nitrogen and oxygen atoms in total. The highest BCUT2D eigenvalue weighted by Crippen LogP contribution is 2.35. The van der Waals surface area contributed by atoms with Crippen LogP contribution in [0.2, 0.25) is 0 Å². The molecule has 5 rings (SSSR count). The number of anilines is 1. The normalized spacial score (nSPS) is 14.0. The van der Waals surface area contributed by atoms with Crippen LogP contribution in [0, 0.1) is 0 Å². The molecule has 0 unspecified atom stereocenters. The molecule has 2 heterocycles. The zero-order chi connectivity index (χ0) is 29.2. The van der Waals surface area contributed by atoms with Gasteiger partial charge in [0, 0.05) is 48.2 Å². The Labute approximate surface area is 241 Å². The number of aromatic nitrogens is 1. The summed E-state index contributed by atoms with van der Waals surface area (Å²) >= 11 is 0. The molecule has 4 aromatic rings. The van der Waals surface area contributed by atoms with E-state index in [9.17, 15) is 18.0 Å². The Balaban J connectivity index is 1.40. The van der Waals surface area contributed by atoms with Gasteiger partial charge in [-0.25, -0.2) is 8.42 Å². The number of H-pyrrole nitrogens is 1. The third-order valence-corrected chi connectivity index (χ3v) is 8.83. The Kier molecular flexibility index (Phi) is 7.91. The van der Waals surface area contributed by atoms with E-state index in [1.165, 1.54) is 0 Å². The van der Waals surface area contributed by atoms with Crippen molar-refractivity contribution in [2.45, 2.75) is 50.3 Å². The third kappa shape index (κ3) is 6.30. The van der Waals surface area contributed by atoms with Crippen molar-refractivity contribution in [3.63, 3.8) is 0 Å². The zero-order valence-electron chi connectivity index (χ0n) is 23.7. The average Bonchev–Trinajstić information content (AvgIpc) is 3.53. The number of fused-ring (bicyclic) bond motifs is 1. The minimum atomic E-state index is -3.82. The minimum absolute atomic E-state index is 0.0835. The predicted molar refractivity (Wildman–Crippen MR) is 162 cm³/mol. The molecular weight excluding hydrogens is 536 g/mol. The molecule has 1 aliphatic rings. The summed E-state index contributed by atoms with van der Waals surface area (Å²) in [5, 5.41) is 3.71. The number of nitrogens with one attached hydrogen (secondary N) is 3. The number of hydrogen-bond donors (Lipinski definition) is 3. The van der Waals surface area contributed by atoms with Gasteiger partial charge >= 0.3 is 0 Å². The fourth-order valence-electron chi connectivity index (χ4n) is 5.18. The van der Waals surface area contributed by atoms with Gasteiger partial charge in [-0.3, -0.25) is 14.3 Å². The number of nitrogens with zero attached hydrogens (tertiary/aromatic N) is 1. The highest BCUT2D eigenvalue weighted by molar-refractivity contribution is 7.92. The molecule has 0 bridgehead atoms. The van der Waals surface area contributed by atoms with Crippen molar-refractivity contribution >= 4 is 38.4 Å². The lowest BCUT2D eigenvalue weighted by Gasteiger charge is -2.19. The summed E-state index contributed by atoms with van der Waals surface area (Å²) < 4.78 is 29.1. The van der Waals surface area contributed by atoms with E-state index in [2.05, 4.69) is 35.8 Å². The largest absolute Gasteiger partial charge is 0.351 e. The molecule has 0 aliphatic carbocycles. The summed E-state index contributed by atoms with van der Waals surface area (Å²) in [7, 11) is -3.82. The van der Waals surface area contributed by atoms with Crippen molar-refractivity contribution in [3.8, 4) is 11.1 Å². The zero-order valence-corrected chi connectivity index (χ0v) is 24.5. The van der Waals surface area contributed by atoms with Crippen molar-refractivity contribution in [2.24, 2.45) is 0 Å². The topological polar surface area (TPSA) is 111 Å². The molecule has 41 heavy (non-hydrogen) atoms. The number of sulfonamides is 1. The number of likely N-dealkylation sites (tertiary alicyclic amines) is 1. The first-order chi connectivity index (χ1) is 19.5. The van der Waals surface area contributed by atoms with Gasteiger partial charge in [0.05, 0.1) is 4.90 Å². The first-order valence-corrected chi connectivity index (χ1v) is 15.4. The molecule has 9 heteroatoms. The quantitative estimate of drug-likeness (QED) is 0.224. The van der Waals surface area contributed by atoms with Crippen molar-refractivity contribution in [3.05, 3.63) is 84.1 Å². The second kappa shape index (κ2) is 11.4. The summed E-state index contributed by atoms with van der Waals surface area (Å²) in [6.45, 7) is 8.08. The highest BCUT2D eigenvalue weighted by Gasteiger charge is 2.23. The van der Waals surface area contributed by atoms with Gasteiger partial charge in [0.1, 0.15) is 5.69 Å². The van der Waals surface area contributed by atoms with Gasteiger partial charge in [0.15, 0.2) is 0 Å². The Morgan fingerprint density at radius 2 is 1.73 bits per heavy atom. The SMILES string of the molecule is CC(C)(C)c1ccc(S(=O)(=O)Nc2ccc3[nH]c(C(=O)NCCCN4CCCC4=O)c(-c4ccccc4)c3c2)cc1. The van der Waals surface area contributed by atoms with E-state index >= 15 is 0 Å². The predicted octanol–water partition coefficient (Wildman–Crippen LogP) is 5.68. The van der Waals surface area contributed by atoms with E-state index in [4.69, 9.17) is 0 Å². The Morgan fingerprint density at radius 1 is 1.00 bits per heavy atom. The fourth-order valence-corrected chi connectivity index (χ4v) is 6.23. The molecule has 3 N–H and O–H groups in total. The summed E-state index contributed by atoms with van der Waals surface area (Å²) in [5.74, 6) is -0.0828. The fraction of sp³-hybridized carbons (Fsp3) is 0.312. The van der Waals surface area contributed by atoms with E-state index in [0.29, 0.717) is 48.4 Å². The average molecular weight is 573 g/mol. The Hall–Kier alpha value is -4.11. The number of aromatic amines is 1. The molecule has 0 spiro atoms. The van der Waals surface area contributed by atoms with Gasteiger partial charge in [0.2, 0.25) is 5.91 Å². The second-order valence-electron chi connectivity index (χ2n) is 11.5. The van der Waals surface area contributed by atoms with Crippen molar-refractivity contribution in [2.75, 3.05) is 24.4 Å². The molecule has 0 atom stereocenters. The van der Waals surface area contributed by atoms with E-state index in [-0.39, 0.29) is 22.1 Å². The van der Waals surface area contributed by atoms with Crippen LogP contribution < -0.4 is 10.0 Å². The monoisotopic (exact) mass is 572 g/mol. The number of hydrogen-bond acceptors (Lipinski definition) is 4. The van der Waals surface area contributed by atoms with Gasteiger partial charge in [-0.05, 0) is 59.7 Å².